The first-order valence-corrected chi connectivity index (χ1v) is 7.05. The van der Waals surface area contributed by atoms with Crippen molar-refractivity contribution < 1.29 is 22.7 Å². The van der Waals surface area contributed by atoms with Gasteiger partial charge >= 0.3 is 6.18 Å². The van der Waals surface area contributed by atoms with E-state index in [2.05, 4.69) is 0 Å². The second-order valence-electron chi connectivity index (χ2n) is 5.67. The third-order valence-electron chi connectivity index (χ3n) is 4.07. The van der Waals surface area contributed by atoms with Crippen molar-refractivity contribution in [2.45, 2.75) is 38.0 Å². The minimum atomic E-state index is -4.45. The van der Waals surface area contributed by atoms with E-state index in [-0.39, 0.29) is 35.5 Å². The third kappa shape index (κ3) is 3.38. The molecule has 3 atom stereocenters. The number of alkyl halides is 3. The number of Topliss-reactive ketones (excluding diaryl/α,β-unsaturated/α-hetero) is 1. The monoisotopic (exact) mass is 313 g/mol. The van der Waals surface area contributed by atoms with Gasteiger partial charge in [-0.2, -0.15) is 13.2 Å². The SMILES string of the molecule is COC(C)CC1CC(=N)C(c2cccc(C(F)(F)F)c2)C1=O. The molecule has 1 aliphatic carbocycles. The van der Waals surface area contributed by atoms with Crippen molar-refractivity contribution in [1.82, 2.24) is 0 Å². The van der Waals surface area contributed by atoms with Gasteiger partial charge in [-0.05, 0) is 31.4 Å². The van der Waals surface area contributed by atoms with Crippen molar-refractivity contribution in [2.24, 2.45) is 5.92 Å². The van der Waals surface area contributed by atoms with Crippen LogP contribution in [0.1, 0.15) is 36.8 Å². The normalized spacial score (nSPS) is 23.9. The first-order chi connectivity index (χ1) is 10.2. The summed E-state index contributed by atoms with van der Waals surface area (Å²) < 4.78 is 43.5. The molecule has 120 valence electrons. The number of ether oxygens (including phenoxy) is 1. The summed E-state index contributed by atoms with van der Waals surface area (Å²) >= 11 is 0. The van der Waals surface area contributed by atoms with Gasteiger partial charge in [0, 0.05) is 18.7 Å². The molecule has 0 aromatic heterocycles. The minimum absolute atomic E-state index is 0.123. The quantitative estimate of drug-likeness (QED) is 0.918. The van der Waals surface area contributed by atoms with Gasteiger partial charge in [0.05, 0.1) is 17.6 Å². The van der Waals surface area contributed by atoms with Crippen LogP contribution >= 0.6 is 0 Å². The molecule has 0 bridgehead atoms. The van der Waals surface area contributed by atoms with Crippen LogP contribution in [0.2, 0.25) is 0 Å². The van der Waals surface area contributed by atoms with E-state index in [0.717, 1.165) is 12.1 Å². The smallest absolute Gasteiger partial charge is 0.382 e. The molecule has 3 unspecified atom stereocenters. The fraction of sp³-hybridized carbons (Fsp3) is 0.500. The zero-order chi connectivity index (χ0) is 16.5. The standard InChI is InChI=1S/C16H18F3NO2/c1-9(22-2)6-11-8-13(20)14(15(11)21)10-4-3-5-12(7-10)16(17,18)19/h3-5,7,9,11,14,20H,6,8H2,1-2H3. The fourth-order valence-corrected chi connectivity index (χ4v) is 2.85. The van der Waals surface area contributed by atoms with Gasteiger partial charge in [0.1, 0.15) is 5.78 Å². The lowest BCUT2D eigenvalue weighted by Crippen LogP contribution is -2.19. The average Bonchev–Trinajstić information content (AvgIpc) is 2.72. The maximum absolute atomic E-state index is 12.8. The van der Waals surface area contributed by atoms with E-state index in [0.29, 0.717) is 6.42 Å². The van der Waals surface area contributed by atoms with Crippen LogP contribution in [-0.4, -0.2) is 24.7 Å². The van der Waals surface area contributed by atoms with Gasteiger partial charge in [0.15, 0.2) is 0 Å². The number of hydrogen-bond acceptors (Lipinski definition) is 3. The lowest BCUT2D eigenvalue weighted by molar-refractivity contribution is -0.137. The summed E-state index contributed by atoms with van der Waals surface area (Å²) in [7, 11) is 1.54. The van der Waals surface area contributed by atoms with Gasteiger partial charge in [-0.1, -0.05) is 18.2 Å². The Labute approximate surface area is 127 Å². The van der Waals surface area contributed by atoms with E-state index in [1.54, 1.807) is 7.11 Å². The Morgan fingerprint density at radius 2 is 2.09 bits per heavy atom. The highest BCUT2D eigenvalue weighted by Crippen LogP contribution is 2.37. The van der Waals surface area contributed by atoms with Gasteiger partial charge in [-0.25, -0.2) is 0 Å². The summed E-state index contributed by atoms with van der Waals surface area (Å²) in [5.41, 5.74) is -0.366. The Bertz CT molecular complexity index is 583. The van der Waals surface area contributed by atoms with Gasteiger partial charge in [-0.15, -0.1) is 0 Å². The maximum atomic E-state index is 12.8. The van der Waals surface area contributed by atoms with Gasteiger partial charge in [-0.3, -0.25) is 4.79 Å². The molecule has 0 aliphatic heterocycles. The van der Waals surface area contributed by atoms with Gasteiger partial charge in [0.25, 0.3) is 0 Å². The first kappa shape index (κ1) is 16.7. The number of carbonyl (C=O) groups excluding carboxylic acids is 1. The Morgan fingerprint density at radius 1 is 1.41 bits per heavy atom. The highest BCUT2D eigenvalue weighted by atomic mass is 19.4. The summed E-state index contributed by atoms with van der Waals surface area (Å²) in [5.74, 6) is -1.41. The first-order valence-electron chi connectivity index (χ1n) is 7.05. The van der Waals surface area contributed by atoms with Crippen LogP contribution in [0.15, 0.2) is 24.3 Å². The minimum Gasteiger partial charge on any atom is -0.382 e. The van der Waals surface area contributed by atoms with E-state index >= 15 is 0 Å². The topological polar surface area (TPSA) is 50.1 Å². The molecule has 1 saturated carbocycles. The highest BCUT2D eigenvalue weighted by molar-refractivity contribution is 6.15. The summed E-state index contributed by atoms with van der Waals surface area (Å²) in [6, 6.07) is 4.70. The van der Waals surface area contributed by atoms with E-state index in [1.807, 2.05) is 6.92 Å². The second kappa shape index (κ2) is 6.20. The van der Waals surface area contributed by atoms with Crippen LogP contribution in [0.4, 0.5) is 13.2 Å². The van der Waals surface area contributed by atoms with Crippen molar-refractivity contribution >= 4 is 11.5 Å². The summed E-state index contributed by atoms with van der Waals surface area (Å²) in [6.07, 6.45) is -3.81. The number of benzene rings is 1. The zero-order valence-electron chi connectivity index (χ0n) is 12.4. The number of hydrogen-bond donors (Lipinski definition) is 1. The second-order valence-corrected chi connectivity index (χ2v) is 5.67. The Kier molecular flexibility index (Phi) is 4.70. The molecule has 6 heteroatoms. The zero-order valence-corrected chi connectivity index (χ0v) is 12.4. The number of nitrogens with one attached hydrogen (secondary N) is 1. The van der Waals surface area contributed by atoms with Crippen LogP contribution in [0.3, 0.4) is 0 Å². The van der Waals surface area contributed by atoms with E-state index in [4.69, 9.17) is 10.1 Å². The lowest BCUT2D eigenvalue weighted by Gasteiger charge is -2.15. The number of ketones is 1. The molecule has 0 amide bonds. The van der Waals surface area contributed by atoms with Crippen molar-refractivity contribution in [3.05, 3.63) is 35.4 Å². The van der Waals surface area contributed by atoms with E-state index in [9.17, 15) is 18.0 Å². The molecular weight excluding hydrogens is 295 g/mol. The van der Waals surface area contributed by atoms with Crippen LogP contribution in [0.25, 0.3) is 0 Å². The summed E-state index contributed by atoms with van der Waals surface area (Å²) in [6.45, 7) is 1.83. The molecule has 3 nitrogen and oxygen atoms in total. The lowest BCUT2D eigenvalue weighted by atomic mass is 9.91. The average molecular weight is 313 g/mol. The number of methoxy groups -OCH3 is 1. The summed E-state index contributed by atoms with van der Waals surface area (Å²) in [5, 5.41) is 7.99. The highest BCUT2D eigenvalue weighted by Gasteiger charge is 2.41. The fourth-order valence-electron chi connectivity index (χ4n) is 2.85. The molecule has 22 heavy (non-hydrogen) atoms. The van der Waals surface area contributed by atoms with Crippen molar-refractivity contribution in [3.63, 3.8) is 0 Å². The molecule has 1 aromatic carbocycles. The maximum Gasteiger partial charge on any atom is 0.416 e. The predicted molar refractivity (Wildman–Crippen MR) is 76.1 cm³/mol. The molecule has 0 heterocycles. The molecule has 1 aliphatic rings. The van der Waals surface area contributed by atoms with Crippen LogP contribution in [0, 0.1) is 11.3 Å². The molecule has 1 fully saturated rings. The Hall–Kier alpha value is -1.69. The molecule has 1 N–H and O–H groups in total. The molecule has 0 spiro atoms. The number of carbonyl (C=O) groups is 1. The van der Waals surface area contributed by atoms with Gasteiger partial charge < -0.3 is 10.1 Å². The third-order valence-corrected chi connectivity index (χ3v) is 4.07. The number of halogens is 3. The van der Waals surface area contributed by atoms with Crippen LogP contribution in [-0.2, 0) is 15.7 Å². The Morgan fingerprint density at radius 3 is 2.68 bits per heavy atom. The molecule has 0 radical (unpaired) electrons. The van der Waals surface area contributed by atoms with Crippen LogP contribution in [0.5, 0.6) is 0 Å². The summed E-state index contributed by atoms with van der Waals surface area (Å²) in [4.78, 5) is 12.5. The van der Waals surface area contributed by atoms with Crippen molar-refractivity contribution in [1.29, 1.82) is 5.41 Å². The van der Waals surface area contributed by atoms with Gasteiger partial charge in [0.2, 0.25) is 0 Å². The van der Waals surface area contributed by atoms with E-state index in [1.165, 1.54) is 12.1 Å². The van der Waals surface area contributed by atoms with Crippen molar-refractivity contribution in [2.75, 3.05) is 7.11 Å². The predicted octanol–water partition coefficient (Wildman–Crippen LogP) is 3.82. The molecule has 2 rings (SSSR count). The molecule has 0 saturated heterocycles. The van der Waals surface area contributed by atoms with Crippen LogP contribution < -0.4 is 0 Å². The Balaban J connectivity index is 2.26. The van der Waals surface area contributed by atoms with Crippen molar-refractivity contribution in [3.8, 4) is 0 Å². The number of rotatable bonds is 4. The molecule has 1 aromatic rings. The van der Waals surface area contributed by atoms with E-state index < -0.39 is 17.7 Å². The largest absolute Gasteiger partial charge is 0.416 e. The molecular formula is C16H18F3NO2.